The molecule has 0 N–H and O–H groups in total. The van der Waals surface area contributed by atoms with Crippen molar-refractivity contribution in [2.45, 2.75) is 31.4 Å². The van der Waals surface area contributed by atoms with Crippen molar-refractivity contribution in [1.82, 2.24) is 4.90 Å². The van der Waals surface area contributed by atoms with Crippen LogP contribution in [0.4, 0.5) is 0 Å². The molecule has 2 unspecified atom stereocenters. The molecule has 2 fully saturated rings. The quantitative estimate of drug-likeness (QED) is 0.706. The number of ether oxygens (including phenoxy) is 1. The number of amides is 1. The highest BCUT2D eigenvalue weighted by Gasteiger charge is 2.29. The number of rotatable bonds is 5. The average Bonchev–Trinajstić information content (AvgIpc) is 3.25. The molecule has 5 heteroatoms. The molecule has 2 aliphatic heterocycles. The number of nitrogens with zero attached hydrogens (tertiary/aromatic N) is 1. The third-order valence-corrected chi connectivity index (χ3v) is 6.23. The largest absolute Gasteiger partial charge is 0.376 e. The monoisotopic (exact) mass is 395 g/mol. The van der Waals surface area contributed by atoms with Crippen molar-refractivity contribution in [3.63, 3.8) is 0 Å². The van der Waals surface area contributed by atoms with E-state index in [0.717, 1.165) is 54.0 Å². The van der Waals surface area contributed by atoms with Crippen LogP contribution in [0.5, 0.6) is 0 Å². The molecule has 2 heterocycles. The third-order valence-electron chi connectivity index (χ3n) is 4.36. The van der Waals surface area contributed by atoms with Crippen LogP contribution < -0.4 is 0 Å². The van der Waals surface area contributed by atoms with E-state index < -0.39 is 0 Å². The Bertz CT molecular complexity index is 566. The highest BCUT2D eigenvalue weighted by atomic mass is 79.9. The number of thioether (sulfide) groups is 1. The molecule has 1 amide bonds. The first-order valence-electron chi connectivity index (χ1n) is 8.16. The van der Waals surface area contributed by atoms with Crippen LogP contribution >= 0.6 is 27.7 Å². The molecular formula is C18H22BrNO2S. The van der Waals surface area contributed by atoms with Gasteiger partial charge in [-0.1, -0.05) is 34.1 Å². The summed E-state index contributed by atoms with van der Waals surface area (Å²) in [6.45, 7) is 1.56. The van der Waals surface area contributed by atoms with E-state index in [4.69, 9.17) is 4.74 Å². The van der Waals surface area contributed by atoms with Gasteiger partial charge in [0.2, 0.25) is 5.91 Å². The van der Waals surface area contributed by atoms with Crippen LogP contribution in [0.2, 0.25) is 0 Å². The molecule has 0 bridgehead atoms. The van der Waals surface area contributed by atoms with Gasteiger partial charge in [-0.2, -0.15) is 11.8 Å². The molecule has 0 spiro atoms. The molecule has 1 aromatic rings. The molecule has 1 aromatic carbocycles. The third kappa shape index (κ3) is 4.61. The Morgan fingerprint density at radius 1 is 1.39 bits per heavy atom. The highest BCUT2D eigenvalue weighted by molar-refractivity contribution is 9.10. The van der Waals surface area contributed by atoms with E-state index >= 15 is 0 Å². The van der Waals surface area contributed by atoms with Crippen LogP contribution in [0, 0.1) is 0 Å². The average molecular weight is 396 g/mol. The van der Waals surface area contributed by atoms with E-state index in [1.807, 2.05) is 47.0 Å². The fraction of sp³-hybridized carbons (Fsp3) is 0.500. The van der Waals surface area contributed by atoms with Gasteiger partial charge in [-0.15, -0.1) is 0 Å². The van der Waals surface area contributed by atoms with Gasteiger partial charge in [0.15, 0.2) is 0 Å². The van der Waals surface area contributed by atoms with E-state index in [2.05, 4.69) is 15.9 Å². The lowest BCUT2D eigenvalue weighted by Crippen LogP contribution is -2.44. The summed E-state index contributed by atoms with van der Waals surface area (Å²) in [4.78, 5) is 14.8. The molecule has 23 heavy (non-hydrogen) atoms. The van der Waals surface area contributed by atoms with Crippen molar-refractivity contribution in [3.05, 3.63) is 40.4 Å². The van der Waals surface area contributed by atoms with Gasteiger partial charge in [-0.25, -0.2) is 0 Å². The van der Waals surface area contributed by atoms with E-state index in [-0.39, 0.29) is 12.0 Å². The van der Waals surface area contributed by atoms with Crippen LogP contribution in [0.3, 0.4) is 0 Å². The van der Waals surface area contributed by atoms with Gasteiger partial charge in [-0.3, -0.25) is 4.79 Å². The van der Waals surface area contributed by atoms with Gasteiger partial charge >= 0.3 is 0 Å². The molecule has 3 rings (SSSR count). The van der Waals surface area contributed by atoms with Crippen molar-refractivity contribution >= 4 is 39.7 Å². The van der Waals surface area contributed by atoms with Gasteiger partial charge in [-0.05, 0) is 42.7 Å². The van der Waals surface area contributed by atoms with E-state index in [9.17, 15) is 4.79 Å². The maximum Gasteiger partial charge on any atom is 0.246 e. The van der Waals surface area contributed by atoms with Crippen LogP contribution in [0.1, 0.15) is 24.8 Å². The summed E-state index contributed by atoms with van der Waals surface area (Å²) < 4.78 is 6.75. The first-order valence-corrected chi connectivity index (χ1v) is 10.1. The zero-order valence-electron chi connectivity index (χ0n) is 13.1. The SMILES string of the molecule is O=C(/C=C/c1ccccc1Br)N(CC1CCCO1)C1CCSC1. The summed E-state index contributed by atoms with van der Waals surface area (Å²) in [5.74, 6) is 2.29. The second-order valence-corrected chi connectivity index (χ2v) is 8.00. The van der Waals surface area contributed by atoms with E-state index in [1.54, 1.807) is 6.08 Å². The maximum absolute atomic E-state index is 12.8. The summed E-state index contributed by atoms with van der Waals surface area (Å²) >= 11 is 5.46. The minimum Gasteiger partial charge on any atom is -0.376 e. The van der Waals surface area contributed by atoms with Crippen LogP contribution in [0.25, 0.3) is 6.08 Å². The zero-order chi connectivity index (χ0) is 16.1. The predicted molar refractivity (Wildman–Crippen MR) is 99.6 cm³/mol. The molecule has 2 atom stereocenters. The standard InChI is InChI=1S/C18H22BrNO2S/c19-17-6-2-1-4-14(17)7-8-18(21)20(15-9-11-23-13-15)12-16-5-3-10-22-16/h1-2,4,6-8,15-16H,3,5,9-13H2/b8-7+. The van der Waals surface area contributed by atoms with Crippen LogP contribution in [0.15, 0.2) is 34.8 Å². The predicted octanol–water partition coefficient (Wildman–Crippen LogP) is 3.98. The van der Waals surface area contributed by atoms with Gasteiger partial charge in [0.25, 0.3) is 0 Å². The lowest BCUT2D eigenvalue weighted by atomic mass is 10.1. The normalized spacial score (nSPS) is 24.4. The lowest BCUT2D eigenvalue weighted by Gasteiger charge is -2.29. The minimum absolute atomic E-state index is 0.101. The van der Waals surface area contributed by atoms with Crippen LogP contribution in [-0.4, -0.2) is 47.6 Å². The molecule has 0 saturated carbocycles. The molecule has 2 saturated heterocycles. The molecule has 3 nitrogen and oxygen atoms in total. The minimum atomic E-state index is 0.101. The van der Waals surface area contributed by atoms with Gasteiger partial charge in [0.05, 0.1) is 6.10 Å². The Hall–Kier alpha value is -0.780. The molecule has 0 aliphatic carbocycles. The Morgan fingerprint density at radius 2 is 2.26 bits per heavy atom. The molecule has 124 valence electrons. The summed E-state index contributed by atoms with van der Waals surface area (Å²) in [7, 11) is 0. The van der Waals surface area contributed by atoms with Crippen molar-refractivity contribution in [2.75, 3.05) is 24.7 Å². The zero-order valence-corrected chi connectivity index (χ0v) is 15.5. The highest BCUT2D eigenvalue weighted by Crippen LogP contribution is 2.25. The number of halogens is 1. The Kier molecular flexibility index (Phi) is 6.20. The molecule has 2 aliphatic rings. The van der Waals surface area contributed by atoms with Crippen molar-refractivity contribution in [2.24, 2.45) is 0 Å². The Morgan fingerprint density at radius 3 is 2.96 bits per heavy atom. The number of benzene rings is 1. The maximum atomic E-state index is 12.8. The van der Waals surface area contributed by atoms with Crippen LogP contribution in [-0.2, 0) is 9.53 Å². The fourth-order valence-corrected chi connectivity index (χ4v) is 4.70. The first kappa shape index (κ1) is 17.1. The number of carbonyl (C=O) groups is 1. The second-order valence-electron chi connectivity index (χ2n) is 6.00. The number of carbonyl (C=O) groups excluding carboxylic acids is 1. The van der Waals surface area contributed by atoms with Crippen molar-refractivity contribution in [3.8, 4) is 0 Å². The second kappa shape index (κ2) is 8.36. The smallest absolute Gasteiger partial charge is 0.246 e. The number of hydrogen-bond donors (Lipinski definition) is 0. The van der Waals surface area contributed by atoms with Gasteiger partial charge in [0.1, 0.15) is 0 Å². The van der Waals surface area contributed by atoms with Gasteiger partial charge < -0.3 is 9.64 Å². The number of hydrogen-bond acceptors (Lipinski definition) is 3. The Labute approximate surface area is 150 Å². The lowest BCUT2D eigenvalue weighted by molar-refractivity contribution is -0.129. The van der Waals surface area contributed by atoms with Crippen molar-refractivity contribution < 1.29 is 9.53 Å². The molecule has 0 radical (unpaired) electrons. The summed E-state index contributed by atoms with van der Waals surface area (Å²) in [6, 6.07) is 8.29. The fourth-order valence-electron chi connectivity index (χ4n) is 3.06. The van der Waals surface area contributed by atoms with E-state index in [0.29, 0.717) is 6.04 Å². The summed E-state index contributed by atoms with van der Waals surface area (Å²) in [5, 5.41) is 0. The summed E-state index contributed by atoms with van der Waals surface area (Å²) in [6.07, 6.45) is 7.08. The van der Waals surface area contributed by atoms with Crippen molar-refractivity contribution in [1.29, 1.82) is 0 Å². The Balaban J connectivity index is 1.69. The molecule has 0 aromatic heterocycles. The van der Waals surface area contributed by atoms with Gasteiger partial charge in [0, 0.05) is 35.5 Å². The topological polar surface area (TPSA) is 29.5 Å². The molecular weight excluding hydrogens is 374 g/mol. The van der Waals surface area contributed by atoms with E-state index in [1.165, 1.54) is 0 Å². The summed E-state index contributed by atoms with van der Waals surface area (Å²) in [5.41, 5.74) is 1.03. The first-order chi connectivity index (χ1) is 11.2.